The summed E-state index contributed by atoms with van der Waals surface area (Å²) >= 11 is 0. The number of carboxylic acids is 1. The number of phenolic OH excluding ortho intramolecular Hbond substituents is 1. The molecule has 1 atom stereocenters. The SMILES string of the molecule is Cc1c(CC(=O)N[C@H](Cc2c[nH]c3ccc(O)cc23)C(=O)[O-])c(=O)oc2cc3occ(C(C)(C)C)c3cc12. The third kappa shape index (κ3) is 4.51. The number of aromatic hydroxyl groups is 1. The summed E-state index contributed by atoms with van der Waals surface area (Å²) < 4.78 is 11.2. The highest BCUT2D eigenvalue weighted by Gasteiger charge is 2.23. The molecule has 0 saturated heterocycles. The Hall–Kier alpha value is -4.53. The van der Waals surface area contributed by atoms with Crippen molar-refractivity contribution in [3.63, 3.8) is 0 Å². The highest BCUT2D eigenvalue weighted by molar-refractivity contribution is 5.97. The van der Waals surface area contributed by atoms with E-state index in [-0.39, 0.29) is 29.6 Å². The van der Waals surface area contributed by atoms with Gasteiger partial charge in [-0.25, -0.2) is 4.79 Å². The summed E-state index contributed by atoms with van der Waals surface area (Å²) in [5.74, 6) is -2.09. The van der Waals surface area contributed by atoms with E-state index < -0.39 is 23.5 Å². The van der Waals surface area contributed by atoms with Crippen LogP contribution in [0.15, 0.2) is 56.4 Å². The quantitative estimate of drug-likeness (QED) is 0.294. The van der Waals surface area contributed by atoms with Crippen molar-refractivity contribution in [2.75, 3.05) is 0 Å². The predicted molar refractivity (Wildman–Crippen MR) is 140 cm³/mol. The zero-order chi connectivity index (χ0) is 27.4. The zero-order valence-corrected chi connectivity index (χ0v) is 21.4. The molecule has 0 bridgehead atoms. The molecule has 9 nitrogen and oxygen atoms in total. The van der Waals surface area contributed by atoms with E-state index in [0.717, 1.165) is 10.9 Å². The fourth-order valence-electron chi connectivity index (χ4n) is 4.85. The topological polar surface area (TPSA) is 149 Å². The summed E-state index contributed by atoms with van der Waals surface area (Å²) in [4.78, 5) is 40.6. The smallest absolute Gasteiger partial charge is 0.340 e. The molecular formula is C29H27N2O7-. The number of fused-ring (bicyclic) bond motifs is 3. The average molecular weight is 516 g/mol. The summed E-state index contributed by atoms with van der Waals surface area (Å²) in [6, 6.07) is 6.91. The number of carboxylic acid groups (broad SMARTS) is 1. The van der Waals surface area contributed by atoms with E-state index in [1.165, 1.54) is 12.1 Å². The van der Waals surface area contributed by atoms with Gasteiger partial charge < -0.3 is 34.1 Å². The highest BCUT2D eigenvalue weighted by atomic mass is 16.4. The van der Waals surface area contributed by atoms with Crippen LogP contribution in [0.1, 0.15) is 43.0 Å². The lowest BCUT2D eigenvalue weighted by atomic mass is 9.86. The second-order valence-electron chi connectivity index (χ2n) is 10.6. The van der Waals surface area contributed by atoms with E-state index in [0.29, 0.717) is 38.6 Å². The molecule has 1 amide bonds. The van der Waals surface area contributed by atoms with E-state index in [1.54, 1.807) is 31.5 Å². The summed E-state index contributed by atoms with van der Waals surface area (Å²) in [6.07, 6.45) is 2.88. The van der Waals surface area contributed by atoms with Crippen molar-refractivity contribution >= 4 is 44.7 Å². The summed E-state index contributed by atoms with van der Waals surface area (Å²) in [7, 11) is 0. The van der Waals surface area contributed by atoms with Crippen molar-refractivity contribution < 1.29 is 28.6 Å². The number of nitrogens with one attached hydrogen (secondary N) is 2. The molecular weight excluding hydrogens is 488 g/mol. The van der Waals surface area contributed by atoms with Gasteiger partial charge in [0.2, 0.25) is 5.91 Å². The van der Waals surface area contributed by atoms with Crippen molar-refractivity contribution in [3.8, 4) is 5.75 Å². The van der Waals surface area contributed by atoms with Gasteiger partial charge >= 0.3 is 5.63 Å². The number of amides is 1. The third-order valence-corrected chi connectivity index (χ3v) is 6.92. The Morgan fingerprint density at radius 2 is 1.87 bits per heavy atom. The van der Waals surface area contributed by atoms with E-state index in [9.17, 15) is 24.6 Å². The minimum Gasteiger partial charge on any atom is -0.548 e. The number of hydrogen-bond donors (Lipinski definition) is 3. The number of aryl methyl sites for hydroxylation is 1. The van der Waals surface area contributed by atoms with Gasteiger partial charge in [0.05, 0.1) is 30.3 Å². The van der Waals surface area contributed by atoms with Gasteiger partial charge in [-0.15, -0.1) is 0 Å². The van der Waals surface area contributed by atoms with E-state index in [1.807, 2.05) is 6.07 Å². The standard InChI is InChI=1S/C29H28N2O7/c1-14-17-9-20-21(29(2,3)4)13-37-24(20)11-25(17)38-28(36)18(14)10-26(33)31-23(27(34)35)7-15-12-30-22-6-5-16(32)8-19(15)22/h5-6,8-9,11-13,23,30,32H,7,10H2,1-4H3,(H,31,33)(H,34,35)/p-1/t23-/m1/s1. The first-order chi connectivity index (χ1) is 17.9. The lowest BCUT2D eigenvalue weighted by Crippen LogP contribution is -2.49. The number of hydrogen-bond acceptors (Lipinski definition) is 7. The normalized spacial score (nSPS) is 12.8. The minimum atomic E-state index is -1.47. The van der Waals surface area contributed by atoms with E-state index in [4.69, 9.17) is 8.83 Å². The molecule has 0 spiro atoms. The number of H-pyrrole nitrogens is 1. The van der Waals surface area contributed by atoms with E-state index in [2.05, 4.69) is 31.1 Å². The molecule has 3 N–H and O–H groups in total. The lowest BCUT2D eigenvalue weighted by molar-refractivity contribution is -0.308. The number of carbonyl (C=O) groups excluding carboxylic acids is 2. The molecule has 0 aliphatic heterocycles. The molecule has 5 aromatic rings. The second-order valence-corrected chi connectivity index (χ2v) is 10.6. The Morgan fingerprint density at radius 1 is 1.11 bits per heavy atom. The van der Waals surface area contributed by atoms with Crippen LogP contribution in [0.5, 0.6) is 5.75 Å². The molecule has 0 aliphatic rings. The fraction of sp³-hybridized carbons (Fsp3) is 0.276. The van der Waals surface area contributed by atoms with Crippen LogP contribution in [0.3, 0.4) is 0 Å². The number of phenols is 1. The largest absolute Gasteiger partial charge is 0.548 e. The van der Waals surface area contributed by atoms with Gasteiger partial charge in [-0.2, -0.15) is 0 Å². The first-order valence-corrected chi connectivity index (χ1v) is 12.2. The maximum Gasteiger partial charge on any atom is 0.340 e. The summed E-state index contributed by atoms with van der Waals surface area (Å²) in [5.41, 5.74) is 3.11. The lowest BCUT2D eigenvalue weighted by Gasteiger charge is -2.20. The molecule has 0 radical (unpaired) electrons. The van der Waals surface area contributed by atoms with Crippen molar-refractivity contribution in [2.45, 2.75) is 52.0 Å². The van der Waals surface area contributed by atoms with Gasteiger partial charge in [-0.05, 0) is 47.7 Å². The van der Waals surface area contributed by atoms with Gasteiger partial charge in [0.1, 0.15) is 16.9 Å². The van der Waals surface area contributed by atoms with Crippen LogP contribution in [0, 0.1) is 6.92 Å². The number of furan rings is 1. The van der Waals surface area contributed by atoms with Crippen molar-refractivity contribution in [1.29, 1.82) is 0 Å². The maximum absolute atomic E-state index is 12.9. The minimum absolute atomic E-state index is 0.0354. The number of benzene rings is 2. The highest BCUT2D eigenvalue weighted by Crippen LogP contribution is 2.35. The molecule has 38 heavy (non-hydrogen) atoms. The van der Waals surface area contributed by atoms with Gasteiger partial charge in [0, 0.05) is 45.9 Å². The average Bonchev–Trinajstić information content (AvgIpc) is 3.43. The first-order valence-electron chi connectivity index (χ1n) is 12.2. The monoisotopic (exact) mass is 515 g/mol. The van der Waals surface area contributed by atoms with Crippen molar-refractivity contribution in [1.82, 2.24) is 10.3 Å². The third-order valence-electron chi connectivity index (χ3n) is 6.92. The predicted octanol–water partition coefficient (Wildman–Crippen LogP) is 3.35. The van der Waals surface area contributed by atoms with Gasteiger partial charge in [-0.3, -0.25) is 4.79 Å². The van der Waals surface area contributed by atoms with Crippen molar-refractivity contribution in [3.05, 3.63) is 75.5 Å². The molecule has 9 heteroatoms. The molecule has 0 saturated carbocycles. The molecule has 0 aliphatic carbocycles. The van der Waals surface area contributed by atoms with Gasteiger partial charge in [0.15, 0.2) is 0 Å². The zero-order valence-electron chi connectivity index (χ0n) is 21.4. The van der Waals surface area contributed by atoms with Crippen LogP contribution in [0.2, 0.25) is 0 Å². The number of aliphatic carboxylic acids is 1. The van der Waals surface area contributed by atoms with Crippen LogP contribution in [-0.2, 0) is 27.8 Å². The number of aromatic nitrogens is 1. The maximum atomic E-state index is 12.9. The molecule has 196 valence electrons. The van der Waals surface area contributed by atoms with Gasteiger partial charge in [-0.1, -0.05) is 20.8 Å². The number of rotatable bonds is 6. The van der Waals surface area contributed by atoms with Crippen LogP contribution in [-0.4, -0.2) is 28.0 Å². The number of aromatic amines is 1. The summed E-state index contributed by atoms with van der Waals surface area (Å²) in [6.45, 7) is 7.95. The first kappa shape index (κ1) is 25.1. The molecule has 2 aromatic carbocycles. The molecule has 5 rings (SSSR count). The van der Waals surface area contributed by atoms with E-state index >= 15 is 0 Å². The Kier molecular flexibility index (Phi) is 6.01. The number of carbonyl (C=O) groups is 2. The second kappa shape index (κ2) is 9.09. The Balaban J connectivity index is 1.43. The summed E-state index contributed by atoms with van der Waals surface area (Å²) in [5, 5.41) is 26.3. The van der Waals surface area contributed by atoms with Crippen LogP contribution in [0.25, 0.3) is 32.8 Å². The van der Waals surface area contributed by atoms with Gasteiger partial charge in [0.25, 0.3) is 0 Å². The fourth-order valence-corrected chi connectivity index (χ4v) is 4.85. The molecule has 0 fully saturated rings. The molecule has 0 unspecified atom stereocenters. The Bertz CT molecular complexity index is 1780. The Labute approximate surface area is 217 Å². The molecule has 3 heterocycles. The van der Waals surface area contributed by atoms with Crippen LogP contribution in [0.4, 0.5) is 0 Å². The molecule has 3 aromatic heterocycles. The van der Waals surface area contributed by atoms with Crippen LogP contribution >= 0.6 is 0 Å². The van der Waals surface area contributed by atoms with Crippen LogP contribution < -0.4 is 16.0 Å². The van der Waals surface area contributed by atoms with Crippen molar-refractivity contribution in [2.24, 2.45) is 0 Å². The Morgan fingerprint density at radius 3 is 2.58 bits per heavy atom.